The Hall–Kier alpha value is -0.570. The van der Waals surface area contributed by atoms with Crippen molar-refractivity contribution < 1.29 is 9.90 Å². The van der Waals surface area contributed by atoms with Crippen LogP contribution in [0.2, 0.25) is 0 Å². The number of rotatable bonds is 5. The zero-order valence-electron chi connectivity index (χ0n) is 7.68. The summed E-state index contributed by atoms with van der Waals surface area (Å²) in [5.74, 6) is -0.737. The Morgan fingerprint density at radius 2 is 1.91 bits per heavy atom. The molecule has 3 heteroatoms. The maximum atomic E-state index is 9.92. The van der Waals surface area contributed by atoms with E-state index in [4.69, 9.17) is 5.11 Å². The standard InChI is InChI=1S/C6H13NO2.C2H6/c1-2-4-7-5-3-6(8)9;1-2/h7H,2-5H2,1H3,(H,8,9);1-2H3. The van der Waals surface area contributed by atoms with Crippen molar-refractivity contribution in [1.82, 2.24) is 5.32 Å². The Morgan fingerprint density at radius 1 is 1.36 bits per heavy atom. The summed E-state index contributed by atoms with van der Waals surface area (Å²) in [5.41, 5.74) is 0. The number of nitrogens with one attached hydrogen (secondary N) is 1. The summed E-state index contributed by atoms with van der Waals surface area (Å²) < 4.78 is 0. The number of carboxylic acid groups (broad SMARTS) is 1. The molecule has 0 unspecified atom stereocenters. The molecular formula is C8H19NO2. The molecule has 0 aliphatic heterocycles. The monoisotopic (exact) mass is 161 g/mol. The molecule has 0 aromatic heterocycles. The van der Waals surface area contributed by atoms with Crippen LogP contribution in [0.4, 0.5) is 0 Å². The maximum absolute atomic E-state index is 9.92. The third-order valence-corrected chi connectivity index (χ3v) is 0.942. The van der Waals surface area contributed by atoms with Crippen molar-refractivity contribution in [3.63, 3.8) is 0 Å². The first-order chi connectivity index (χ1) is 5.27. The number of hydrogen-bond acceptors (Lipinski definition) is 2. The van der Waals surface area contributed by atoms with Gasteiger partial charge in [-0.2, -0.15) is 0 Å². The predicted molar refractivity (Wildman–Crippen MR) is 46.8 cm³/mol. The topological polar surface area (TPSA) is 49.3 Å². The van der Waals surface area contributed by atoms with Gasteiger partial charge in [0.1, 0.15) is 0 Å². The molecule has 68 valence electrons. The molecule has 0 radical (unpaired) electrons. The van der Waals surface area contributed by atoms with E-state index in [-0.39, 0.29) is 6.42 Å². The van der Waals surface area contributed by atoms with Gasteiger partial charge in [-0.15, -0.1) is 0 Å². The SMILES string of the molecule is CC.CCCNCCC(=O)O. The first-order valence-electron chi connectivity index (χ1n) is 4.20. The fraction of sp³-hybridized carbons (Fsp3) is 0.875. The van der Waals surface area contributed by atoms with Crippen LogP contribution in [0.25, 0.3) is 0 Å². The molecule has 0 bridgehead atoms. The zero-order chi connectivity index (χ0) is 9.11. The quantitative estimate of drug-likeness (QED) is 0.600. The van der Waals surface area contributed by atoms with E-state index in [0.717, 1.165) is 13.0 Å². The Balaban J connectivity index is 0. The van der Waals surface area contributed by atoms with Crippen LogP contribution in [0.15, 0.2) is 0 Å². The van der Waals surface area contributed by atoms with Gasteiger partial charge in [0.2, 0.25) is 0 Å². The van der Waals surface area contributed by atoms with E-state index in [2.05, 4.69) is 5.32 Å². The molecular weight excluding hydrogens is 142 g/mol. The molecule has 11 heavy (non-hydrogen) atoms. The summed E-state index contributed by atoms with van der Waals surface area (Å²) in [5, 5.41) is 11.2. The fourth-order valence-electron chi connectivity index (χ4n) is 0.497. The molecule has 0 amide bonds. The van der Waals surface area contributed by atoms with E-state index in [1.54, 1.807) is 0 Å². The molecule has 0 heterocycles. The second-order valence-electron chi connectivity index (χ2n) is 1.89. The molecule has 2 N–H and O–H groups in total. The van der Waals surface area contributed by atoms with Crippen LogP contribution in [-0.4, -0.2) is 24.2 Å². The predicted octanol–water partition coefficient (Wildman–Crippen LogP) is 1.49. The average molecular weight is 161 g/mol. The highest BCUT2D eigenvalue weighted by Gasteiger charge is 1.92. The van der Waals surface area contributed by atoms with Crippen molar-refractivity contribution in [3.05, 3.63) is 0 Å². The van der Waals surface area contributed by atoms with Crippen LogP contribution in [-0.2, 0) is 4.79 Å². The lowest BCUT2D eigenvalue weighted by atomic mass is 10.4. The van der Waals surface area contributed by atoms with Gasteiger partial charge in [0.05, 0.1) is 6.42 Å². The lowest BCUT2D eigenvalue weighted by Gasteiger charge is -1.97. The highest BCUT2D eigenvalue weighted by Crippen LogP contribution is 1.75. The highest BCUT2D eigenvalue weighted by molar-refractivity contribution is 5.66. The highest BCUT2D eigenvalue weighted by atomic mass is 16.4. The molecule has 0 aromatic carbocycles. The molecule has 0 aromatic rings. The first-order valence-corrected chi connectivity index (χ1v) is 4.20. The van der Waals surface area contributed by atoms with Gasteiger partial charge < -0.3 is 10.4 Å². The molecule has 0 saturated heterocycles. The summed E-state index contributed by atoms with van der Waals surface area (Å²) in [6.07, 6.45) is 1.28. The summed E-state index contributed by atoms with van der Waals surface area (Å²) in [6, 6.07) is 0. The normalized spacial score (nSPS) is 8.27. The van der Waals surface area contributed by atoms with E-state index in [9.17, 15) is 4.79 Å². The number of carbonyl (C=O) groups is 1. The van der Waals surface area contributed by atoms with Gasteiger partial charge in [-0.3, -0.25) is 4.79 Å². The summed E-state index contributed by atoms with van der Waals surface area (Å²) in [6.45, 7) is 7.55. The van der Waals surface area contributed by atoms with Gasteiger partial charge in [0.15, 0.2) is 0 Å². The molecule has 0 aliphatic carbocycles. The Kier molecular flexibility index (Phi) is 14.4. The van der Waals surface area contributed by atoms with Crippen LogP contribution in [0, 0.1) is 0 Å². The number of aliphatic carboxylic acids is 1. The third kappa shape index (κ3) is 17.7. The first kappa shape index (κ1) is 13.1. The summed E-state index contributed by atoms with van der Waals surface area (Å²) in [4.78, 5) is 9.92. The molecule has 3 nitrogen and oxygen atoms in total. The van der Waals surface area contributed by atoms with Crippen LogP contribution < -0.4 is 5.32 Å². The maximum Gasteiger partial charge on any atom is 0.304 e. The third-order valence-electron chi connectivity index (χ3n) is 0.942. The Labute approximate surface area is 68.8 Å². The smallest absolute Gasteiger partial charge is 0.304 e. The summed E-state index contributed by atoms with van der Waals surface area (Å²) >= 11 is 0. The number of hydrogen-bond donors (Lipinski definition) is 2. The minimum absolute atomic E-state index is 0.222. The molecule has 0 spiro atoms. The van der Waals surface area contributed by atoms with Crippen LogP contribution in [0.5, 0.6) is 0 Å². The van der Waals surface area contributed by atoms with Crippen molar-refractivity contribution in [2.24, 2.45) is 0 Å². The summed E-state index contributed by atoms with van der Waals surface area (Å²) in [7, 11) is 0. The second kappa shape index (κ2) is 12.1. The number of carboxylic acids is 1. The lowest BCUT2D eigenvalue weighted by molar-refractivity contribution is -0.136. The van der Waals surface area contributed by atoms with Gasteiger partial charge in [-0.1, -0.05) is 20.8 Å². The van der Waals surface area contributed by atoms with E-state index in [1.807, 2.05) is 20.8 Å². The van der Waals surface area contributed by atoms with Crippen molar-refractivity contribution in [2.75, 3.05) is 13.1 Å². The lowest BCUT2D eigenvalue weighted by Crippen LogP contribution is -2.18. The van der Waals surface area contributed by atoms with Crippen LogP contribution in [0.3, 0.4) is 0 Å². The molecule has 0 rings (SSSR count). The van der Waals surface area contributed by atoms with Crippen molar-refractivity contribution >= 4 is 5.97 Å². The van der Waals surface area contributed by atoms with Crippen molar-refractivity contribution in [2.45, 2.75) is 33.6 Å². The van der Waals surface area contributed by atoms with Crippen molar-refractivity contribution in [1.29, 1.82) is 0 Å². The van der Waals surface area contributed by atoms with E-state index >= 15 is 0 Å². The molecule has 0 atom stereocenters. The van der Waals surface area contributed by atoms with Crippen LogP contribution in [0.1, 0.15) is 33.6 Å². The minimum Gasteiger partial charge on any atom is -0.481 e. The van der Waals surface area contributed by atoms with Gasteiger partial charge in [0.25, 0.3) is 0 Å². The molecule has 0 saturated carbocycles. The van der Waals surface area contributed by atoms with Gasteiger partial charge in [-0.25, -0.2) is 0 Å². The van der Waals surface area contributed by atoms with Crippen molar-refractivity contribution in [3.8, 4) is 0 Å². The molecule has 0 aliphatic rings. The largest absolute Gasteiger partial charge is 0.481 e. The van der Waals surface area contributed by atoms with E-state index in [0.29, 0.717) is 6.54 Å². The Bertz CT molecular complexity index is 84.2. The van der Waals surface area contributed by atoms with Gasteiger partial charge in [-0.05, 0) is 13.0 Å². The van der Waals surface area contributed by atoms with Crippen LogP contribution >= 0.6 is 0 Å². The Morgan fingerprint density at radius 3 is 2.27 bits per heavy atom. The minimum atomic E-state index is -0.737. The fourth-order valence-corrected chi connectivity index (χ4v) is 0.497. The molecule has 0 fully saturated rings. The average Bonchev–Trinajstić information content (AvgIpc) is 2.02. The van der Waals surface area contributed by atoms with Gasteiger partial charge >= 0.3 is 5.97 Å². The van der Waals surface area contributed by atoms with E-state index in [1.165, 1.54) is 0 Å². The van der Waals surface area contributed by atoms with E-state index < -0.39 is 5.97 Å². The van der Waals surface area contributed by atoms with Gasteiger partial charge in [0, 0.05) is 6.54 Å². The zero-order valence-corrected chi connectivity index (χ0v) is 7.68. The second-order valence-corrected chi connectivity index (χ2v) is 1.89.